The van der Waals surface area contributed by atoms with Crippen LogP contribution in [0.2, 0.25) is 0 Å². The number of aliphatic hydroxyl groups is 2. The molecule has 3 fully saturated rings. The lowest BCUT2D eigenvalue weighted by Crippen LogP contribution is -2.64. The largest absolute Gasteiger partial charge is 0.487 e. The van der Waals surface area contributed by atoms with Crippen molar-refractivity contribution in [3.63, 3.8) is 0 Å². The number of nitrogens with zero attached hydrogens (tertiary/aromatic N) is 6. The van der Waals surface area contributed by atoms with E-state index >= 15 is 4.39 Å². The van der Waals surface area contributed by atoms with Gasteiger partial charge in [0, 0.05) is 38.3 Å². The SMILES string of the molecule is COc1nc(Nc2ncc(F)c(-c3ccc(OC4CCNCC4(C(=O)[C@@H](O)F)C(=O)[C@@H](O)F)c(C#N)c3)n2)ccc1N1CCN(C2COC2)CC1. The fourth-order valence-electron chi connectivity index (χ4n) is 6.50. The second kappa shape index (κ2) is 15.1. The Hall–Kier alpha value is -4.93. The van der Waals surface area contributed by atoms with E-state index in [2.05, 4.69) is 35.4 Å². The smallest absolute Gasteiger partial charge is 0.257 e. The molecule has 5 heterocycles. The zero-order valence-corrected chi connectivity index (χ0v) is 27.4. The summed E-state index contributed by atoms with van der Waals surface area (Å²) in [4.78, 5) is 42.9. The molecule has 4 N–H and O–H groups in total. The number of aromatic nitrogens is 3. The minimum Gasteiger partial charge on any atom is -0.487 e. The van der Waals surface area contributed by atoms with Gasteiger partial charge in [-0.3, -0.25) is 14.5 Å². The number of ketones is 2. The number of nitrogens with one attached hydrogen (secondary N) is 2. The third-order valence-corrected chi connectivity index (χ3v) is 9.30. The molecule has 3 aliphatic heterocycles. The number of pyridine rings is 1. The monoisotopic (exact) mass is 712 g/mol. The summed E-state index contributed by atoms with van der Waals surface area (Å²) in [6.07, 6.45) is -7.16. The van der Waals surface area contributed by atoms with Crippen molar-refractivity contribution in [2.75, 3.05) is 69.8 Å². The van der Waals surface area contributed by atoms with E-state index in [-0.39, 0.29) is 41.5 Å². The highest BCUT2D eigenvalue weighted by atomic mass is 19.2. The number of alkyl halides is 2. The summed E-state index contributed by atoms with van der Waals surface area (Å²) in [5, 5.41) is 34.3. The molecule has 2 aromatic heterocycles. The maximum atomic E-state index is 15.1. The van der Waals surface area contributed by atoms with Gasteiger partial charge in [0.05, 0.1) is 38.1 Å². The number of halogens is 3. The fourth-order valence-corrected chi connectivity index (χ4v) is 6.50. The minimum atomic E-state index is -3.18. The van der Waals surface area contributed by atoms with Gasteiger partial charge in [-0.05, 0) is 43.3 Å². The van der Waals surface area contributed by atoms with Crippen molar-refractivity contribution < 1.29 is 47.2 Å². The first-order valence-electron chi connectivity index (χ1n) is 16.1. The number of hydrogen-bond donors (Lipinski definition) is 4. The molecule has 3 aliphatic rings. The number of carbonyl (C=O) groups excluding carboxylic acids is 2. The summed E-state index contributed by atoms with van der Waals surface area (Å²) in [5.41, 5.74) is -2.11. The molecule has 6 rings (SSSR count). The number of piperidine rings is 1. The lowest BCUT2D eigenvalue weighted by molar-refractivity contribution is -0.169. The lowest BCUT2D eigenvalue weighted by Gasteiger charge is -2.43. The Kier molecular flexibility index (Phi) is 10.6. The fraction of sp³-hybridized carbons (Fsp3) is 0.455. The van der Waals surface area contributed by atoms with Crippen LogP contribution < -0.4 is 25.0 Å². The molecule has 270 valence electrons. The molecule has 1 aromatic carbocycles. The number of hydrogen-bond acceptors (Lipinski definition) is 15. The normalized spacial score (nSPS) is 20.4. The van der Waals surface area contributed by atoms with Crippen LogP contribution in [0.1, 0.15) is 12.0 Å². The first-order chi connectivity index (χ1) is 24.5. The van der Waals surface area contributed by atoms with Crippen molar-refractivity contribution in [1.82, 2.24) is 25.2 Å². The Morgan fingerprint density at radius 3 is 2.47 bits per heavy atom. The van der Waals surface area contributed by atoms with Crippen LogP contribution in [0.3, 0.4) is 0 Å². The second-order valence-corrected chi connectivity index (χ2v) is 12.2. The number of anilines is 3. The highest BCUT2D eigenvalue weighted by molar-refractivity contribution is 6.10. The summed E-state index contributed by atoms with van der Waals surface area (Å²) in [5.74, 6) is -3.77. The third kappa shape index (κ3) is 7.16. The van der Waals surface area contributed by atoms with Crippen LogP contribution in [0.15, 0.2) is 36.5 Å². The number of nitriles is 1. The molecule has 15 nitrogen and oxygen atoms in total. The molecule has 18 heteroatoms. The molecule has 3 atom stereocenters. The molecule has 0 bridgehead atoms. The predicted molar refractivity (Wildman–Crippen MR) is 173 cm³/mol. The Morgan fingerprint density at radius 2 is 1.84 bits per heavy atom. The molecular weight excluding hydrogens is 677 g/mol. The van der Waals surface area contributed by atoms with Crippen molar-refractivity contribution >= 4 is 29.0 Å². The predicted octanol–water partition coefficient (Wildman–Crippen LogP) is 1.26. The summed E-state index contributed by atoms with van der Waals surface area (Å²) in [6.45, 7) is 4.35. The maximum absolute atomic E-state index is 15.1. The summed E-state index contributed by atoms with van der Waals surface area (Å²) in [7, 11) is 1.51. The Balaban J connectivity index is 1.21. The van der Waals surface area contributed by atoms with Gasteiger partial charge in [-0.25, -0.2) is 23.1 Å². The molecule has 51 heavy (non-hydrogen) atoms. The Labute approximate surface area is 290 Å². The molecule has 3 aromatic rings. The second-order valence-electron chi connectivity index (χ2n) is 12.2. The van der Waals surface area contributed by atoms with Crippen molar-refractivity contribution in [3.05, 3.63) is 47.9 Å². The Morgan fingerprint density at radius 1 is 1.12 bits per heavy atom. The molecule has 3 saturated heterocycles. The van der Waals surface area contributed by atoms with Crippen LogP contribution in [0.25, 0.3) is 11.3 Å². The van der Waals surface area contributed by atoms with Crippen LogP contribution >= 0.6 is 0 Å². The van der Waals surface area contributed by atoms with Gasteiger partial charge >= 0.3 is 0 Å². The van der Waals surface area contributed by atoms with E-state index in [0.29, 0.717) is 17.7 Å². The summed E-state index contributed by atoms with van der Waals surface area (Å²) in [6, 6.07) is 9.75. The van der Waals surface area contributed by atoms with Crippen LogP contribution in [0.4, 0.5) is 30.6 Å². The topological polar surface area (TPSA) is 195 Å². The number of rotatable bonds is 12. The van der Waals surface area contributed by atoms with Crippen LogP contribution in [-0.2, 0) is 14.3 Å². The number of carbonyl (C=O) groups is 2. The molecule has 0 amide bonds. The van der Waals surface area contributed by atoms with Crippen molar-refractivity contribution in [3.8, 4) is 29.0 Å². The number of ether oxygens (including phenoxy) is 3. The zero-order valence-electron chi connectivity index (χ0n) is 27.4. The summed E-state index contributed by atoms with van der Waals surface area (Å²) >= 11 is 0. The third-order valence-electron chi connectivity index (χ3n) is 9.30. The van der Waals surface area contributed by atoms with E-state index in [9.17, 15) is 33.8 Å². The minimum absolute atomic E-state index is 0.0186. The highest BCUT2D eigenvalue weighted by Gasteiger charge is 2.58. The van der Waals surface area contributed by atoms with Gasteiger partial charge in [-0.2, -0.15) is 10.2 Å². The number of Topliss-reactive ketones (excluding diaryl/α,β-unsaturated/α-hetero) is 2. The zero-order chi connectivity index (χ0) is 36.3. The number of aliphatic hydroxyl groups excluding tert-OH is 2. The molecule has 0 radical (unpaired) electrons. The molecule has 1 unspecified atom stereocenters. The lowest BCUT2D eigenvalue weighted by atomic mass is 9.70. The van der Waals surface area contributed by atoms with Gasteiger partial charge in [0.1, 0.15) is 40.5 Å². The van der Waals surface area contributed by atoms with E-state index in [1.54, 1.807) is 6.07 Å². The van der Waals surface area contributed by atoms with Crippen LogP contribution in [0, 0.1) is 22.6 Å². The standard InChI is InChI=1S/C33H35F3N8O7/c1-49-31-22(44-10-8-43(9-11-44)20-15-50-16-20)3-5-25(40-31)41-32-39-14-21(34)26(42-32)18-2-4-23(19(12-18)13-37)51-24-6-7-38-17-33(24,27(45)29(35)47)28(46)30(36)48/h2-5,12,14,20,24,29-30,38,47-48H,6-11,15-17H2,1H3,(H,39,40,41,42)/t24?,29-,30-/m1/s1. The average molecular weight is 713 g/mol. The quantitative estimate of drug-likeness (QED) is 0.196. The van der Waals surface area contributed by atoms with Gasteiger partial charge in [-0.15, -0.1) is 0 Å². The number of methoxy groups -OCH3 is 1. The highest BCUT2D eigenvalue weighted by Crippen LogP contribution is 2.38. The Bertz CT molecular complexity index is 1800. The molecular formula is C33H35F3N8O7. The first-order valence-corrected chi connectivity index (χ1v) is 16.1. The van der Waals surface area contributed by atoms with E-state index in [4.69, 9.17) is 14.2 Å². The molecule has 0 spiro atoms. The van der Waals surface area contributed by atoms with Gasteiger partial charge in [-0.1, -0.05) is 0 Å². The first kappa shape index (κ1) is 35.9. The van der Waals surface area contributed by atoms with Crippen molar-refractivity contribution in [1.29, 1.82) is 5.26 Å². The molecule has 0 saturated carbocycles. The van der Waals surface area contributed by atoms with E-state index in [1.165, 1.54) is 25.3 Å². The van der Waals surface area contributed by atoms with Crippen molar-refractivity contribution in [2.24, 2.45) is 5.41 Å². The average Bonchev–Trinajstić information content (AvgIpc) is 3.11. The van der Waals surface area contributed by atoms with E-state index in [0.717, 1.165) is 51.3 Å². The van der Waals surface area contributed by atoms with Gasteiger partial charge < -0.3 is 40.0 Å². The van der Waals surface area contributed by atoms with Gasteiger partial charge in [0.15, 0.2) is 5.82 Å². The van der Waals surface area contributed by atoms with E-state index in [1.807, 2.05) is 12.1 Å². The van der Waals surface area contributed by atoms with Crippen LogP contribution in [-0.4, -0.2) is 126 Å². The molecule has 0 aliphatic carbocycles. The van der Waals surface area contributed by atoms with Gasteiger partial charge in [0.2, 0.25) is 23.4 Å². The number of piperazine rings is 1. The van der Waals surface area contributed by atoms with E-state index < -0.39 is 48.2 Å². The van der Waals surface area contributed by atoms with Crippen molar-refractivity contribution in [2.45, 2.75) is 31.3 Å². The van der Waals surface area contributed by atoms with Gasteiger partial charge in [0.25, 0.3) is 12.7 Å². The summed E-state index contributed by atoms with van der Waals surface area (Å²) < 4.78 is 59.6. The number of benzene rings is 1. The maximum Gasteiger partial charge on any atom is 0.257 e. The van der Waals surface area contributed by atoms with Crippen LogP contribution in [0.5, 0.6) is 11.6 Å².